The van der Waals surface area contributed by atoms with Gasteiger partial charge in [0.05, 0.1) is 17.9 Å². The van der Waals surface area contributed by atoms with Crippen molar-refractivity contribution in [2.75, 3.05) is 37.7 Å². The van der Waals surface area contributed by atoms with Gasteiger partial charge in [-0.25, -0.2) is 9.40 Å². The van der Waals surface area contributed by atoms with Crippen molar-refractivity contribution in [3.8, 4) is 0 Å². The highest BCUT2D eigenvalue weighted by Crippen LogP contribution is 2.32. The minimum atomic E-state index is -0.175. The molecule has 1 saturated heterocycles. The van der Waals surface area contributed by atoms with Gasteiger partial charge in [-0.05, 0) is 36.8 Å². The molecule has 0 spiro atoms. The number of halogens is 1. The molecule has 4 rings (SSSR count). The van der Waals surface area contributed by atoms with Gasteiger partial charge in [0.25, 0.3) is 0 Å². The monoisotopic (exact) mass is 338 g/mol. The summed E-state index contributed by atoms with van der Waals surface area (Å²) in [5.74, 6) is -0.175. The summed E-state index contributed by atoms with van der Waals surface area (Å²) in [6, 6.07) is 15.5. The number of benzene rings is 2. The van der Waals surface area contributed by atoms with Crippen LogP contribution in [0.15, 0.2) is 53.5 Å². The van der Waals surface area contributed by atoms with Gasteiger partial charge in [0, 0.05) is 38.4 Å². The van der Waals surface area contributed by atoms with Crippen LogP contribution in [0.3, 0.4) is 0 Å². The zero-order valence-corrected chi connectivity index (χ0v) is 14.5. The molecular weight excluding hydrogens is 315 g/mol. The Morgan fingerprint density at radius 3 is 2.44 bits per heavy atom. The lowest BCUT2D eigenvalue weighted by atomic mass is 10.1. The summed E-state index contributed by atoms with van der Waals surface area (Å²) < 4.78 is 13.1. The Labute approximate surface area is 148 Å². The first-order valence-electron chi connectivity index (χ1n) is 8.86. The van der Waals surface area contributed by atoms with E-state index in [-0.39, 0.29) is 5.82 Å². The number of fused-ring (bicyclic) bond motifs is 1. The van der Waals surface area contributed by atoms with E-state index in [1.807, 2.05) is 24.4 Å². The van der Waals surface area contributed by atoms with Crippen LogP contribution in [0.25, 0.3) is 0 Å². The van der Waals surface area contributed by atoms with E-state index in [0.29, 0.717) is 6.04 Å². The molecule has 0 aromatic heterocycles. The summed E-state index contributed by atoms with van der Waals surface area (Å²) in [7, 11) is 0. The molecule has 0 aliphatic carbocycles. The molecular formula is C20H23FN4. The smallest absolute Gasteiger partial charge is 0.123 e. The van der Waals surface area contributed by atoms with Crippen LogP contribution in [-0.2, 0) is 0 Å². The second-order valence-electron chi connectivity index (χ2n) is 6.60. The fourth-order valence-corrected chi connectivity index (χ4v) is 3.67. The van der Waals surface area contributed by atoms with Crippen molar-refractivity contribution in [3.63, 3.8) is 0 Å². The molecule has 5 heteroatoms. The first-order valence-corrected chi connectivity index (χ1v) is 8.86. The van der Waals surface area contributed by atoms with Gasteiger partial charge in [0.15, 0.2) is 0 Å². The predicted octanol–water partition coefficient (Wildman–Crippen LogP) is 3.64. The van der Waals surface area contributed by atoms with Gasteiger partial charge < -0.3 is 0 Å². The molecule has 0 bridgehead atoms. The minimum Gasteiger partial charge on any atom is -0.298 e. The van der Waals surface area contributed by atoms with E-state index in [2.05, 4.69) is 45.0 Å². The molecule has 0 N–H and O–H groups in total. The molecule has 2 heterocycles. The van der Waals surface area contributed by atoms with E-state index in [4.69, 9.17) is 0 Å². The Morgan fingerprint density at radius 2 is 1.68 bits per heavy atom. The van der Waals surface area contributed by atoms with Gasteiger partial charge in [0.1, 0.15) is 5.82 Å². The van der Waals surface area contributed by atoms with Crippen LogP contribution in [0.4, 0.5) is 15.8 Å². The Balaban J connectivity index is 1.42. The van der Waals surface area contributed by atoms with Crippen LogP contribution in [0.2, 0.25) is 0 Å². The maximum Gasteiger partial charge on any atom is 0.123 e. The Kier molecular flexibility index (Phi) is 4.51. The van der Waals surface area contributed by atoms with Gasteiger partial charge in [-0.3, -0.25) is 14.9 Å². The number of anilines is 1. The summed E-state index contributed by atoms with van der Waals surface area (Å²) in [6.45, 7) is 6.97. The van der Waals surface area contributed by atoms with Crippen LogP contribution in [0.5, 0.6) is 0 Å². The summed E-state index contributed by atoms with van der Waals surface area (Å²) >= 11 is 0. The molecule has 0 amide bonds. The molecule has 1 unspecified atom stereocenters. The van der Waals surface area contributed by atoms with E-state index in [1.165, 1.54) is 11.3 Å². The summed E-state index contributed by atoms with van der Waals surface area (Å²) in [5, 5.41) is 4.75. The van der Waals surface area contributed by atoms with Gasteiger partial charge in [-0.1, -0.05) is 24.3 Å². The normalized spacial score (nSPS) is 19.7. The quantitative estimate of drug-likeness (QED) is 0.853. The molecule has 0 radical (unpaired) electrons. The van der Waals surface area contributed by atoms with Crippen LogP contribution < -0.4 is 5.01 Å². The Morgan fingerprint density at radius 1 is 0.960 bits per heavy atom. The van der Waals surface area contributed by atoms with Crippen LogP contribution in [0, 0.1) is 5.82 Å². The van der Waals surface area contributed by atoms with Crippen LogP contribution >= 0.6 is 0 Å². The number of aliphatic imine (C=N–C) groups is 1. The average Bonchev–Trinajstić information content (AvgIpc) is 2.68. The number of hydrogen-bond acceptors (Lipinski definition) is 4. The summed E-state index contributed by atoms with van der Waals surface area (Å²) in [4.78, 5) is 6.96. The first kappa shape index (κ1) is 16.2. The SMILES string of the molecule is CC(c1ccc(F)cc1)N1CCN(N2CC=Nc3ccccc32)CC1. The highest BCUT2D eigenvalue weighted by Gasteiger charge is 2.27. The van der Waals surface area contributed by atoms with E-state index < -0.39 is 0 Å². The van der Waals surface area contributed by atoms with Crippen LogP contribution in [0.1, 0.15) is 18.5 Å². The number of hydrazine groups is 1. The zero-order valence-electron chi connectivity index (χ0n) is 14.5. The van der Waals surface area contributed by atoms with Crippen molar-refractivity contribution in [1.29, 1.82) is 0 Å². The maximum atomic E-state index is 13.1. The molecule has 130 valence electrons. The van der Waals surface area contributed by atoms with Gasteiger partial charge in [0.2, 0.25) is 0 Å². The predicted molar refractivity (Wildman–Crippen MR) is 99.9 cm³/mol. The van der Waals surface area contributed by atoms with Gasteiger partial charge >= 0.3 is 0 Å². The van der Waals surface area contributed by atoms with Crippen molar-refractivity contribution < 1.29 is 4.39 Å². The molecule has 2 aromatic carbocycles. The third kappa shape index (κ3) is 3.30. The third-order valence-corrected chi connectivity index (χ3v) is 5.18. The molecule has 0 saturated carbocycles. The number of hydrogen-bond donors (Lipinski definition) is 0. The molecule has 4 nitrogen and oxygen atoms in total. The lowest BCUT2D eigenvalue weighted by Gasteiger charge is -2.44. The summed E-state index contributed by atoms with van der Waals surface area (Å²) in [6.07, 6.45) is 1.98. The fourth-order valence-electron chi connectivity index (χ4n) is 3.67. The minimum absolute atomic E-state index is 0.175. The van der Waals surface area contributed by atoms with Crippen molar-refractivity contribution in [1.82, 2.24) is 9.91 Å². The molecule has 25 heavy (non-hydrogen) atoms. The van der Waals surface area contributed by atoms with E-state index in [1.54, 1.807) is 12.1 Å². The number of piperazine rings is 1. The molecule has 2 aliphatic rings. The Bertz CT molecular complexity index is 751. The lowest BCUT2D eigenvalue weighted by Crippen LogP contribution is -2.55. The number of rotatable bonds is 3. The van der Waals surface area contributed by atoms with Gasteiger partial charge in [-0.15, -0.1) is 0 Å². The largest absolute Gasteiger partial charge is 0.298 e. The van der Waals surface area contributed by atoms with E-state index in [0.717, 1.165) is 38.4 Å². The topological polar surface area (TPSA) is 22.1 Å². The standard InChI is InChI=1S/C20H23FN4/c1-16(17-6-8-18(21)9-7-17)23-12-14-24(15-13-23)25-11-10-22-19-4-2-3-5-20(19)25/h2-10,16H,11-15H2,1H3. The van der Waals surface area contributed by atoms with E-state index >= 15 is 0 Å². The highest BCUT2D eigenvalue weighted by molar-refractivity contribution is 5.81. The van der Waals surface area contributed by atoms with Crippen molar-refractivity contribution in [2.24, 2.45) is 4.99 Å². The molecule has 2 aromatic rings. The maximum absolute atomic E-state index is 13.1. The molecule has 2 aliphatic heterocycles. The zero-order chi connectivity index (χ0) is 17.2. The number of nitrogens with zero attached hydrogens (tertiary/aromatic N) is 4. The first-order chi connectivity index (χ1) is 12.2. The fraction of sp³-hybridized carbons (Fsp3) is 0.350. The second kappa shape index (κ2) is 6.94. The summed E-state index contributed by atoms with van der Waals surface area (Å²) in [5.41, 5.74) is 3.39. The lowest BCUT2D eigenvalue weighted by molar-refractivity contribution is 0.0965. The van der Waals surface area contributed by atoms with Gasteiger partial charge in [-0.2, -0.15) is 0 Å². The van der Waals surface area contributed by atoms with Crippen molar-refractivity contribution in [2.45, 2.75) is 13.0 Å². The molecule has 1 atom stereocenters. The van der Waals surface area contributed by atoms with Crippen LogP contribution in [-0.4, -0.2) is 48.8 Å². The second-order valence-corrected chi connectivity index (χ2v) is 6.60. The van der Waals surface area contributed by atoms with Crippen molar-refractivity contribution >= 4 is 17.6 Å². The molecule has 1 fully saturated rings. The highest BCUT2D eigenvalue weighted by atomic mass is 19.1. The van der Waals surface area contributed by atoms with Crippen molar-refractivity contribution in [3.05, 3.63) is 59.9 Å². The Hall–Kier alpha value is -2.24. The average molecular weight is 338 g/mol. The third-order valence-electron chi connectivity index (χ3n) is 5.18. The number of para-hydroxylation sites is 2. The van der Waals surface area contributed by atoms with E-state index in [9.17, 15) is 4.39 Å².